The molecule has 0 rings (SSSR count). The molecule has 0 atom stereocenters. The molecule has 5 heteroatoms. The Kier molecular flexibility index (Phi) is 19.5. The zero-order chi connectivity index (χ0) is 21.8. The van der Waals surface area contributed by atoms with Gasteiger partial charge in [-0.2, -0.15) is 0 Å². The van der Waals surface area contributed by atoms with Crippen molar-refractivity contribution in [1.82, 2.24) is 0 Å². The van der Waals surface area contributed by atoms with Crippen LogP contribution in [0.25, 0.3) is 0 Å². The van der Waals surface area contributed by atoms with E-state index in [1.807, 2.05) is 0 Å². The Bertz CT molecular complexity index is 374. The van der Waals surface area contributed by atoms with Gasteiger partial charge >= 0.3 is 186 Å². The molecule has 0 radical (unpaired) electrons. The predicted octanol–water partition coefficient (Wildman–Crippen LogP) is 7.84. The average molecular weight is 519 g/mol. The molecule has 0 bridgehead atoms. The van der Waals surface area contributed by atoms with Gasteiger partial charge in [-0.3, -0.25) is 0 Å². The molecule has 0 aliphatic carbocycles. The summed E-state index contributed by atoms with van der Waals surface area (Å²) in [6, 6.07) is 0. The fourth-order valence-corrected chi connectivity index (χ4v) is 13.4. The summed E-state index contributed by atoms with van der Waals surface area (Å²) in [5.41, 5.74) is 0. The van der Waals surface area contributed by atoms with Crippen LogP contribution in [-0.2, 0) is 15.7 Å². The van der Waals surface area contributed by atoms with Crippen LogP contribution in [0.5, 0.6) is 0 Å². The van der Waals surface area contributed by atoms with Gasteiger partial charge < -0.3 is 0 Å². The van der Waals surface area contributed by atoms with Gasteiger partial charge in [0.2, 0.25) is 0 Å². The molecule has 0 aliphatic rings. The normalized spacial score (nSPS) is 11.4. The molecular weight excluding hydrogens is 471 g/mol. The topological polar surface area (TPSA) is 52.6 Å². The van der Waals surface area contributed by atoms with Crippen molar-refractivity contribution in [1.29, 1.82) is 0 Å². The third kappa shape index (κ3) is 18.2. The van der Waals surface area contributed by atoms with Crippen LogP contribution < -0.4 is 0 Å². The fraction of sp³-hybridized carbons (Fsp3) is 0.917. The Labute approximate surface area is 185 Å². The second-order valence-electron chi connectivity index (χ2n) is 8.55. The van der Waals surface area contributed by atoms with Crippen molar-refractivity contribution in [2.24, 2.45) is 0 Å². The van der Waals surface area contributed by atoms with E-state index in [0.717, 1.165) is 34.6 Å². The van der Waals surface area contributed by atoms with E-state index >= 15 is 0 Å². The maximum atomic E-state index is 11.8. The molecule has 0 amide bonds. The molecule has 0 unspecified atom stereocenters. The van der Waals surface area contributed by atoms with E-state index in [9.17, 15) is 9.59 Å². The molecule has 0 saturated heterocycles. The van der Waals surface area contributed by atoms with E-state index in [2.05, 4.69) is 13.8 Å². The number of carbonyl (C=O) groups is 2. The van der Waals surface area contributed by atoms with Crippen LogP contribution in [0.2, 0.25) is 8.87 Å². The molecule has 4 nitrogen and oxygen atoms in total. The summed E-state index contributed by atoms with van der Waals surface area (Å²) in [5, 5.41) is 0. The van der Waals surface area contributed by atoms with Gasteiger partial charge in [0.05, 0.1) is 0 Å². The van der Waals surface area contributed by atoms with Gasteiger partial charge in [0, 0.05) is 0 Å². The van der Waals surface area contributed by atoms with Crippen LogP contribution in [0, 0.1) is 0 Å². The third-order valence-corrected chi connectivity index (χ3v) is 15.6. The zero-order valence-electron chi connectivity index (χ0n) is 19.9. The van der Waals surface area contributed by atoms with E-state index in [1.54, 1.807) is 0 Å². The second-order valence-corrected chi connectivity index (χ2v) is 17.8. The average Bonchev–Trinajstić information content (AvgIpc) is 2.65. The first-order valence-corrected chi connectivity index (χ1v) is 18.7. The molecule has 0 heterocycles. The third-order valence-electron chi connectivity index (χ3n) is 5.48. The van der Waals surface area contributed by atoms with E-state index in [0.29, 0.717) is 0 Å². The van der Waals surface area contributed by atoms with E-state index in [-0.39, 0.29) is 11.9 Å². The van der Waals surface area contributed by atoms with Gasteiger partial charge in [0.25, 0.3) is 0 Å². The summed E-state index contributed by atoms with van der Waals surface area (Å²) in [7, 11) is 0. The van der Waals surface area contributed by atoms with Crippen LogP contribution in [-0.4, -0.2) is 31.1 Å². The van der Waals surface area contributed by atoms with Gasteiger partial charge in [0.1, 0.15) is 0 Å². The quantitative estimate of drug-likeness (QED) is 0.122. The Morgan fingerprint density at radius 2 is 0.793 bits per heavy atom. The maximum absolute atomic E-state index is 11.8. The van der Waals surface area contributed by atoms with Crippen molar-refractivity contribution in [3.05, 3.63) is 0 Å². The molecule has 0 aromatic carbocycles. The molecule has 0 aliphatic heterocycles. The molecule has 0 aromatic heterocycles. The van der Waals surface area contributed by atoms with Crippen molar-refractivity contribution >= 4 is 31.1 Å². The van der Waals surface area contributed by atoms with Crippen molar-refractivity contribution in [3.8, 4) is 0 Å². The first-order chi connectivity index (χ1) is 14.0. The first-order valence-electron chi connectivity index (χ1n) is 12.3. The molecule has 172 valence electrons. The van der Waals surface area contributed by atoms with E-state index < -0.39 is 19.2 Å². The molecule has 0 aromatic rings. The Balaban J connectivity index is 4.37. The van der Waals surface area contributed by atoms with Crippen LogP contribution >= 0.6 is 0 Å². The minimum atomic E-state index is -3.66. The van der Waals surface area contributed by atoms with Gasteiger partial charge in [-0.1, -0.05) is 0 Å². The minimum absolute atomic E-state index is 0.277. The number of hydrogen-bond donors (Lipinski definition) is 0. The molecular formula is C24H48O4Sn. The second kappa shape index (κ2) is 19.7. The summed E-state index contributed by atoms with van der Waals surface area (Å²) >= 11 is -3.66. The summed E-state index contributed by atoms with van der Waals surface area (Å²) in [6.45, 7) is 7.39. The Hall–Kier alpha value is -0.261. The van der Waals surface area contributed by atoms with Gasteiger partial charge in [0.15, 0.2) is 0 Å². The molecule has 0 N–H and O–H groups in total. The molecule has 0 saturated carbocycles. The van der Waals surface area contributed by atoms with Crippen molar-refractivity contribution < 1.29 is 15.7 Å². The Morgan fingerprint density at radius 3 is 1.07 bits per heavy atom. The van der Waals surface area contributed by atoms with Crippen molar-refractivity contribution in [3.63, 3.8) is 0 Å². The van der Waals surface area contributed by atoms with Crippen LogP contribution in [0.4, 0.5) is 0 Å². The van der Waals surface area contributed by atoms with Gasteiger partial charge in [-0.15, -0.1) is 0 Å². The summed E-state index contributed by atoms with van der Waals surface area (Å²) in [4.78, 5) is 23.5. The fourth-order valence-electron chi connectivity index (χ4n) is 3.93. The molecule has 29 heavy (non-hydrogen) atoms. The summed E-state index contributed by atoms with van der Waals surface area (Å²) in [6.07, 6.45) is 19.8. The number of rotatable bonds is 20. The standard InChI is InChI=1S/2C10H21.2C2H4O2.Sn/c2*1-3-5-7-9-10-8-6-4-2;2*1-2(3)4;/h2*1,3-10H2,2H3;2*1H3,(H,3,4);/q;;;;+2/p-2. The van der Waals surface area contributed by atoms with Crippen molar-refractivity contribution in [2.75, 3.05) is 0 Å². The Morgan fingerprint density at radius 1 is 0.517 bits per heavy atom. The predicted molar refractivity (Wildman–Crippen MR) is 124 cm³/mol. The van der Waals surface area contributed by atoms with Gasteiger partial charge in [-0.25, -0.2) is 0 Å². The van der Waals surface area contributed by atoms with Crippen LogP contribution in [0.3, 0.4) is 0 Å². The molecule has 0 spiro atoms. The summed E-state index contributed by atoms with van der Waals surface area (Å²) in [5.74, 6) is -0.553. The first kappa shape index (κ1) is 28.7. The SMILES string of the molecule is CCCCCCCCC[CH2][Sn]([CH2]CCCCCCCCC)([O]C(C)=O)[O]C(C)=O. The van der Waals surface area contributed by atoms with Crippen LogP contribution in [0.1, 0.15) is 130 Å². The van der Waals surface area contributed by atoms with E-state index in [4.69, 9.17) is 6.15 Å². The molecule has 0 fully saturated rings. The van der Waals surface area contributed by atoms with Crippen molar-refractivity contribution in [2.45, 2.75) is 139 Å². The number of carbonyl (C=O) groups excluding carboxylic acids is 2. The summed E-state index contributed by atoms with van der Waals surface area (Å²) < 4.78 is 13.2. The number of hydrogen-bond acceptors (Lipinski definition) is 4. The van der Waals surface area contributed by atoms with Crippen LogP contribution in [0.15, 0.2) is 0 Å². The zero-order valence-corrected chi connectivity index (χ0v) is 22.7. The number of unbranched alkanes of at least 4 members (excludes halogenated alkanes) is 14. The monoisotopic (exact) mass is 520 g/mol. The van der Waals surface area contributed by atoms with Gasteiger partial charge in [-0.05, 0) is 0 Å². The van der Waals surface area contributed by atoms with E-state index in [1.165, 1.54) is 90.9 Å².